The zero-order valence-corrected chi connectivity index (χ0v) is 18.3. The Labute approximate surface area is 178 Å². The van der Waals surface area contributed by atoms with E-state index in [1.165, 1.54) is 0 Å². The lowest BCUT2D eigenvalue weighted by atomic mass is 10.0. The maximum Gasteiger partial charge on any atom is 0.0903 e. The van der Waals surface area contributed by atoms with E-state index in [1.807, 2.05) is 52.0 Å². The summed E-state index contributed by atoms with van der Waals surface area (Å²) in [6, 6.07) is 12.1. The minimum absolute atomic E-state index is 0.0532. The van der Waals surface area contributed by atoms with Gasteiger partial charge in [-0.25, -0.2) is 0 Å². The topological polar surface area (TPSA) is 96.4 Å². The van der Waals surface area contributed by atoms with Crippen LogP contribution in [-0.2, 0) is 0 Å². The summed E-state index contributed by atoms with van der Waals surface area (Å²) in [6.45, 7) is 10.4. The molecular weight excluding hydrogens is 380 g/mol. The van der Waals surface area contributed by atoms with Crippen molar-refractivity contribution in [2.45, 2.75) is 27.7 Å². The molecule has 0 spiro atoms. The van der Waals surface area contributed by atoms with E-state index < -0.39 is 0 Å². The molecule has 2 aromatic carbocycles. The lowest BCUT2D eigenvalue weighted by molar-refractivity contribution is 0.199. The lowest BCUT2D eigenvalue weighted by Gasteiger charge is -2.14. The predicted octanol–water partition coefficient (Wildman–Crippen LogP) is 4.60. The number of aliphatic hydroxyl groups is 2. The van der Waals surface area contributed by atoms with E-state index in [-0.39, 0.29) is 13.2 Å². The Kier molecular flexibility index (Phi) is 9.37. The van der Waals surface area contributed by atoms with Gasteiger partial charge < -0.3 is 10.2 Å². The first-order chi connectivity index (χ1) is 14.5. The molecule has 0 fully saturated rings. The van der Waals surface area contributed by atoms with Gasteiger partial charge >= 0.3 is 0 Å². The lowest BCUT2D eigenvalue weighted by Crippen LogP contribution is -2.19. The summed E-state index contributed by atoms with van der Waals surface area (Å²) in [5.41, 5.74) is 5.86. The molecule has 0 radical (unpaired) electrons. The highest BCUT2D eigenvalue weighted by atomic mass is 16.3. The molecule has 0 aromatic heterocycles. The van der Waals surface area contributed by atoms with E-state index >= 15 is 0 Å². The molecule has 2 aromatic rings. The molecular formula is C22H32N6O2. The molecule has 0 aliphatic carbocycles. The van der Waals surface area contributed by atoms with Crippen LogP contribution in [0.15, 0.2) is 57.1 Å². The molecule has 2 rings (SSSR count). The van der Waals surface area contributed by atoms with Crippen LogP contribution in [-0.4, -0.2) is 59.6 Å². The van der Waals surface area contributed by atoms with Crippen molar-refractivity contribution in [2.24, 2.45) is 20.7 Å². The average Bonchev–Trinajstić information content (AvgIpc) is 2.75. The van der Waals surface area contributed by atoms with Crippen molar-refractivity contribution >= 4 is 11.4 Å². The van der Waals surface area contributed by atoms with Crippen LogP contribution in [0.4, 0.5) is 11.4 Å². The monoisotopic (exact) mass is 412 g/mol. The standard InChI is InChI=1S/C22H32N6O2/c1-5-27(11-13-29)25-23-21-9-7-19(15-17(21)3)20-8-10-22(18(4)16-20)24-26-28(6-2)12-14-30/h7-10,15-16,29-30H,5-6,11-14H2,1-4H3. The zero-order chi connectivity index (χ0) is 21.9. The molecule has 2 N–H and O–H groups in total. The van der Waals surface area contributed by atoms with Crippen LogP contribution in [0.1, 0.15) is 25.0 Å². The van der Waals surface area contributed by atoms with Crippen molar-refractivity contribution in [1.29, 1.82) is 0 Å². The minimum Gasteiger partial charge on any atom is -0.394 e. The van der Waals surface area contributed by atoms with Crippen molar-refractivity contribution in [3.05, 3.63) is 47.5 Å². The number of hydrogen-bond donors (Lipinski definition) is 2. The fourth-order valence-electron chi connectivity index (χ4n) is 2.88. The Morgan fingerprint density at radius 1 is 0.700 bits per heavy atom. The van der Waals surface area contributed by atoms with E-state index in [2.05, 4.69) is 32.8 Å². The number of benzene rings is 2. The Bertz CT molecular complexity index is 797. The number of nitrogens with zero attached hydrogens (tertiary/aromatic N) is 6. The molecule has 0 saturated heterocycles. The largest absolute Gasteiger partial charge is 0.394 e. The smallest absolute Gasteiger partial charge is 0.0903 e. The predicted molar refractivity (Wildman–Crippen MR) is 119 cm³/mol. The summed E-state index contributed by atoms with van der Waals surface area (Å²) in [7, 11) is 0. The summed E-state index contributed by atoms with van der Waals surface area (Å²) in [5.74, 6) is 0. The van der Waals surface area contributed by atoms with Crippen LogP contribution in [0, 0.1) is 13.8 Å². The molecule has 8 heteroatoms. The quantitative estimate of drug-likeness (QED) is 0.416. The van der Waals surface area contributed by atoms with Crippen LogP contribution in [0.2, 0.25) is 0 Å². The van der Waals surface area contributed by atoms with Gasteiger partial charge in [0.05, 0.1) is 37.7 Å². The molecule has 0 bridgehead atoms. The fourth-order valence-corrected chi connectivity index (χ4v) is 2.88. The van der Waals surface area contributed by atoms with Crippen LogP contribution >= 0.6 is 0 Å². The van der Waals surface area contributed by atoms with E-state index in [1.54, 1.807) is 10.0 Å². The second-order valence-corrected chi connectivity index (χ2v) is 6.92. The van der Waals surface area contributed by atoms with Gasteiger partial charge in [0.1, 0.15) is 0 Å². The highest BCUT2D eigenvalue weighted by Crippen LogP contribution is 2.30. The number of hydrogen-bond acceptors (Lipinski definition) is 6. The Morgan fingerprint density at radius 3 is 1.40 bits per heavy atom. The van der Waals surface area contributed by atoms with Gasteiger partial charge in [0, 0.05) is 13.1 Å². The average molecular weight is 413 g/mol. The number of aryl methyl sites for hydroxylation is 2. The highest BCUT2D eigenvalue weighted by molar-refractivity contribution is 5.70. The van der Waals surface area contributed by atoms with E-state index in [4.69, 9.17) is 10.2 Å². The minimum atomic E-state index is 0.0532. The van der Waals surface area contributed by atoms with Gasteiger partial charge in [-0.2, -0.15) is 0 Å². The molecule has 30 heavy (non-hydrogen) atoms. The highest BCUT2D eigenvalue weighted by Gasteiger charge is 2.06. The van der Waals surface area contributed by atoms with E-state index in [0.717, 1.165) is 33.6 Å². The Morgan fingerprint density at radius 2 is 1.10 bits per heavy atom. The second-order valence-electron chi connectivity index (χ2n) is 6.92. The summed E-state index contributed by atoms with van der Waals surface area (Å²) in [6.07, 6.45) is 0. The van der Waals surface area contributed by atoms with Crippen LogP contribution in [0.25, 0.3) is 11.1 Å². The molecule has 0 amide bonds. The maximum atomic E-state index is 9.05. The van der Waals surface area contributed by atoms with E-state index in [9.17, 15) is 0 Å². The van der Waals surface area contributed by atoms with Crippen molar-refractivity contribution in [1.82, 2.24) is 10.0 Å². The number of aliphatic hydroxyl groups excluding tert-OH is 2. The van der Waals surface area contributed by atoms with E-state index in [0.29, 0.717) is 26.2 Å². The van der Waals surface area contributed by atoms with Gasteiger partial charge in [-0.1, -0.05) is 22.6 Å². The van der Waals surface area contributed by atoms with Crippen molar-refractivity contribution < 1.29 is 10.2 Å². The molecule has 0 unspecified atom stereocenters. The Hall–Kier alpha value is -2.84. The zero-order valence-electron chi connectivity index (χ0n) is 18.3. The maximum absolute atomic E-state index is 9.05. The van der Waals surface area contributed by atoms with Gasteiger partial charge in [0.25, 0.3) is 0 Å². The van der Waals surface area contributed by atoms with Gasteiger partial charge in [0.15, 0.2) is 0 Å². The van der Waals surface area contributed by atoms with Crippen LogP contribution < -0.4 is 0 Å². The first-order valence-electron chi connectivity index (χ1n) is 10.3. The molecule has 0 saturated carbocycles. The van der Waals surface area contributed by atoms with Crippen molar-refractivity contribution in [2.75, 3.05) is 39.4 Å². The third-order valence-corrected chi connectivity index (χ3v) is 4.73. The third-order valence-electron chi connectivity index (χ3n) is 4.73. The van der Waals surface area contributed by atoms with Gasteiger partial charge in [-0.3, -0.25) is 10.0 Å². The van der Waals surface area contributed by atoms with Crippen molar-refractivity contribution in [3.8, 4) is 11.1 Å². The second kappa shape index (κ2) is 12.0. The number of rotatable bonds is 11. The van der Waals surface area contributed by atoms with Crippen molar-refractivity contribution in [3.63, 3.8) is 0 Å². The molecule has 0 heterocycles. The molecule has 0 aliphatic heterocycles. The first kappa shape index (κ1) is 23.4. The summed E-state index contributed by atoms with van der Waals surface area (Å²) in [4.78, 5) is 0. The molecule has 0 aliphatic rings. The number of likely N-dealkylation sites (N-methyl/N-ethyl adjacent to an activating group) is 2. The fraction of sp³-hybridized carbons (Fsp3) is 0.455. The summed E-state index contributed by atoms with van der Waals surface area (Å²) < 4.78 is 0. The van der Waals surface area contributed by atoms with Gasteiger partial charge in [-0.15, -0.1) is 10.2 Å². The summed E-state index contributed by atoms with van der Waals surface area (Å²) in [5, 5.41) is 38.6. The third kappa shape index (κ3) is 6.60. The van der Waals surface area contributed by atoms with Crippen LogP contribution in [0.5, 0.6) is 0 Å². The van der Waals surface area contributed by atoms with Crippen LogP contribution in [0.3, 0.4) is 0 Å². The Balaban J connectivity index is 2.18. The molecule has 8 nitrogen and oxygen atoms in total. The SMILES string of the molecule is CCN(CCO)N=Nc1ccc(-c2ccc(N=NN(CC)CCO)c(C)c2)cc1C. The van der Waals surface area contributed by atoms with Gasteiger partial charge in [-0.05, 0) is 74.2 Å². The summed E-state index contributed by atoms with van der Waals surface area (Å²) >= 11 is 0. The first-order valence-corrected chi connectivity index (χ1v) is 10.3. The molecule has 162 valence electrons. The molecule has 0 atom stereocenters. The van der Waals surface area contributed by atoms with Gasteiger partial charge in [0.2, 0.25) is 0 Å². The normalized spacial score (nSPS) is 11.5.